The fourth-order valence-electron chi connectivity index (χ4n) is 3.05. The molecule has 3 rings (SSSR count). The van der Waals surface area contributed by atoms with Gasteiger partial charge in [0.1, 0.15) is 0 Å². The van der Waals surface area contributed by atoms with Crippen LogP contribution in [0.15, 0.2) is 72.8 Å². The maximum absolute atomic E-state index is 6.53. The van der Waals surface area contributed by atoms with Crippen LogP contribution in [0.3, 0.4) is 0 Å². The molecule has 0 amide bonds. The molecule has 0 heterocycles. The molecular formula is C25H23. The van der Waals surface area contributed by atoms with E-state index in [0.717, 1.165) is 27.8 Å². The lowest BCUT2D eigenvalue weighted by Gasteiger charge is -2.29. The van der Waals surface area contributed by atoms with Gasteiger partial charge < -0.3 is 0 Å². The highest BCUT2D eigenvalue weighted by Gasteiger charge is 2.26. The summed E-state index contributed by atoms with van der Waals surface area (Å²) in [5.41, 5.74) is 6.65. The van der Waals surface area contributed by atoms with Gasteiger partial charge in [-0.1, -0.05) is 90.5 Å². The topological polar surface area (TPSA) is 0 Å². The van der Waals surface area contributed by atoms with Gasteiger partial charge in [0.2, 0.25) is 0 Å². The Balaban J connectivity index is 2.07. The summed E-state index contributed by atoms with van der Waals surface area (Å²) in [5, 5.41) is 0. The molecule has 3 aromatic rings. The Hall–Kier alpha value is -2.60. The van der Waals surface area contributed by atoms with Crippen LogP contribution in [-0.4, -0.2) is 0 Å². The molecule has 0 unspecified atom stereocenters. The van der Waals surface area contributed by atoms with Gasteiger partial charge in [-0.3, -0.25) is 0 Å². The molecule has 3 radical (unpaired) electrons. The Morgan fingerprint density at radius 1 is 0.760 bits per heavy atom. The zero-order valence-electron chi connectivity index (χ0n) is 14.9. The van der Waals surface area contributed by atoms with E-state index >= 15 is 0 Å². The van der Waals surface area contributed by atoms with Crippen molar-refractivity contribution in [3.63, 3.8) is 0 Å². The molecule has 25 heavy (non-hydrogen) atoms. The van der Waals surface area contributed by atoms with Crippen molar-refractivity contribution < 1.29 is 0 Å². The second kappa shape index (κ2) is 6.72. The van der Waals surface area contributed by atoms with Gasteiger partial charge in [0, 0.05) is 5.41 Å². The van der Waals surface area contributed by atoms with E-state index in [9.17, 15) is 0 Å². The third-order valence-corrected chi connectivity index (χ3v) is 4.70. The zero-order valence-corrected chi connectivity index (χ0v) is 14.9. The predicted molar refractivity (Wildman–Crippen MR) is 107 cm³/mol. The lowest BCUT2D eigenvalue weighted by Crippen LogP contribution is -2.21. The molecule has 123 valence electrons. The summed E-state index contributed by atoms with van der Waals surface area (Å²) in [6, 6.07) is 24.8. The molecule has 0 spiro atoms. The van der Waals surface area contributed by atoms with Crippen LogP contribution in [0.4, 0.5) is 0 Å². The second-order valence-electron chi connectivity index (χ2n) is 6.77. The first-order chi connectivity index (χ1) is 11.9. The Morgan fingerprint density at radius 3 is 1.88 bits per heavy atom. The Kier molecular flexibility index (Phi) is 4.63. The average molecular weight is 323 g/mol. The van der Waals surface area contributed by atoms with E-state index in [1.165, 1.54) is 11.1 Å². The molecule has 0 aromatic heterocycles. The maximum atomic E-state index is 6.53. The SMILES string of the molecule is [CH]=C(c1ccc(C)cc1)c1ccccc1C([CH2])([CH2])c1ccc(C)cc1. The highest BCUT2D eigenvalue weighted by molar-refractivity contribution is 5.80. The first kappa shape index (κ1) is 17.2. The van der Waals surface area contributed by atoms with Crippen LogP contribution in [0.5, 0.6) is 0 Å². The van der Waals surface area contributed by atoms with Gasteiger partial charge in [0.05, 0.1) is 0 Å². The second-order valence-corrected chi connectivity index (χ2v) is 6.77. The monoisotopic (exact) mass is 323 g/mol. The Labute approximate surface area is 151 Å². The highest BCUT2D eigenvalue weighted by atomic mass is 14.3. The highest BCUT2D eigenvalue weighted by Crippen LogP contribution is 2.36. The molecule has 0 atom stereocenters. The number of hydrogen-bond acceptors (Lipinski definition) is 0. The Bertz CT molecular complexity index is 878. The third kappa shape index (κ3) is 3.44. The predicted octanol–water partition coefficient (Wildman–Crippen LogP) is 6.12. The molecule has 0 saturated carbocycles. The van der Waals surface area contributed by atoms with Crippen molar-refractivity contribution in [2.45, 2.75) is 19.3 Å². The minimum Gasteiger partial charge on any atom is -0.0619 e. The number of benzene rings is 3. The fraction of sp³-hybridized carbons (Fsp3) is 0.120. The first-order valence-corrected chi connectivity index (χ1v) is 8.47. The quantitative estimate of drug-likeness (QED) is 0.542. The summed E-state index contributed by atoms with van der Waals surface area (Å²) < 4.78 is 0. The summed E-state index contributed by atoms with van der Waals surface area (Å²) in [7, 11) is 0. The average Bonchev–Trinajstić information content (AvgIpc) is 2.62. The molecule has 0 aliphatic heterocycles. The summed E-state index contributed by atoms with van der Waals surface area (Å²) in [4.78, 5) is 0. The largest absolute Gasteiger partial charge is 0.0619 e. The molecular weight excluding hydrogens is 300 g/mol. The van der Waals surface area contributed by atoms with Crippen LogP contribution >= 0.6 is 0 Å². The van der Waals surface area contributed by atoms with E-state index in [1.54, 1.807) is 0 Å². The van der Waals surface area contributed by atoms with Crippen molar-refractivity contribution in [1.82, 2.24) is 0 Å². The van der Waals surface area contributed by atoms with E-state index in [1.807, 2.05) is 18.2 Å². The maximum Gasteiger partial charge on any atom is 0.0209 e. The number of rotatable bonds is 4. The molecule has 0 heteroatoms. The van der Waals surface area contributed by atoms with Gasteiger partial charge in [-0.2, -0.15) is 0 Å². The molecule has 0 aliphatic carbocycles. The van der Waals surface area contributed by atoms with Crippen molar-refractivity contribution in [2.24, 2.45) is 0 Å². The normalized spacial score (nSPS) is 11.4. The molecule has 0 fully saturated rings. The van der Waals surface area contributed by atoms with E-state index < -0.39 is 5.41 Å². The van der Waals surface area contributed by atoms with Crippen molar-refractivity contribution >= 4 is 5.57 Å². The van der Waals surface area contributed by atoms with Gasteiger partial charge in [-0.15, -0.1) is 0 Å². The van der Waals surface area contributed by atoms with E-state index in [4.69, 9.17) is 6.58 Å². The summed E-state index contributed by atoms with van der Waals surface area (Å²) in [6.07, 6.45) is 0. The van der Waals surface area contributed by atoms with Crippen molar-refractivity contribution in [2.75, 3.05) is 0 Å². The standard InChI is InChI=1S/C25H23/c1-18-10-14-21(15-11-18)20(3)23-8-6-7-9-24(23)25(4,5)22-16-12-19(2)13-17-22/h3,6-17H,4-5H2,1-2H3. The van der Waals surface area contributed by atoms with E-state index in [-0.39, 0.29) is 0 Å². The fourth-order valence-corrected chi connectivity index (χ4v) is 3.05. The lowest BCUT2D eigenvalue weighted by molar-refractivity contribution is 0.802. The molecule has 0 aliphatic rings. The summed E-state index contributed by atoms with van der Waals surface area (Å²) in [5.74, 6) is 0. The smallest absolute Gasteiger partial charge is 0.0209 e. The van der Waals surface area contributed by atoms with Crippen LogP contribution in [0.25, 0.3) is 5.57 Å². The van der Waals surface area contributed by atoms with Crippen LogP contribution in [0.2, 0.25) is 0 Å². The minimum atomic E-state index is -0.625. The Morgan fingerprint density at radius 2 is 1.28 bits per heavy atom. The van der Waals surface area contributed by atoms with Crippen molar-refractivity contribution in [3.8, 4) is 0 Å². The summed E-state index contributed by atoms with van der Waals surface area (Å²) >= 11 is 0. The molecule has 0 N–H and O–H groups in total. The number of aryl methyl sites for hydroxylation is 2. The minimum absolute atomic E-state index is 0.625. The van der Waals surface area contributed by atoms with Crippen LogP contribution < -0.4 is 0 Å². The molecule has 0 bridgehead atoms. The third-order valence-electron chi connectivity index (χ3n) is 4.70. The molecule has 0 saturated heterocycles. The van der Waals surface area contributed by atoms with Crippen LogP contribution in [-0.2, 0) is 5.41 Å². The van der Waals surface area contributed by atoms with E-state index in [0.29, 0.717) is 0 Å². The molecule has 3 aromatic carbocycles. The summed E-state index contributed by atoms with van der Waals surface area (Å²) in [6.45, 7) is 19.5. The van der Waals surface area contributed by atoms with Gasteiger partial charge in [0.25, 0.3) is 0 Å². The van der Waals surface area contributed by atoms with Gasteiger partial charge >= 0.3 is 0 Å². The lowest BCUT2D eigenvalue weighted by atomic mass is 9.74. The van der Waals surface area contributed by atoms with Gasteiger partial charge in [0.15, 0.2) is 0 Å². The van der Waals surface area contributed by atoms with Crippen molar-refractivity contribution in [3.05, 3.63) is 127 Å². The van der Waals surface area contributed by atoms with Crippen LogP contribution in [0, 0.1) is 34.3 Å². The van der Waals surface area contributed by atoms with Crippen LogP contribution in [0.1, 0.15) is 33.4 Å². The van der Waals surface area contributed by atoms with E-state index in [2.05, 4.69) is 82.3 Å². The van der Waals surface area contributed by atoms with Gasteiger partial charge in [-0.25, -0.2) is 0 Å². The van der Waals surface area contributed by atoms with Gasteiger partial charge in [-0.05, 0) is 55.5 Å². The number of hydrogen-bond donors (Lipinski definition) is 0. The zero-order chi connectivity index (χ0) is 18.0. The molecule has 0 nitrogen and oxygen atoms in total. The van der Waals surface area contributed by atoms with Crippen molar-refractivity contribution in [1.29, 1.82) is 0 Å². The first-order valence-electron chi connectivity index (χ1n) is 8.47.